The van der Waals surface area contributed by atoms with Crippen molar-refractivity contribution in [2.75, 3.05) is 20.3 Å². The molecule has 0 unspecified atom stereocenters. The molecular formula is C18H20BrNO3. The average Bonchev–Trinajstić information content (AvgIpc) is 2.54. The third-order valence-corrected chi connectivity index (χ3v) is 4.08. The van der Waals surface area contributed by atoms with Gasteiger partial charge in [-0.2, -0.15) is 0 Å². The van der Waals surface area contributed by atoms with Gasteiger partial charge in [-0.1, -0.05) is 40.2 Å². The molecule has 2 rings (SSSR count). The molecule has 0 heterocycles. The van der Waals surface area contributed by atoms with Gasteiger partial charge < -0.3 is 14.8 Å². The largest absolute Gasteiger partial charge is 0.493 e. The van der Waals surface area contributed by atoms with Gasteiger partial charge in [0.25, 0.3) is 0 Å². The van der Waals surface area contributed by atoms with Gasteiger partial charge >= 0.3 is 0 Å². The van der Waals surface area contributed by atoms with Crippen LogP contribution in [0, 0.1) is 6.92 Å². The first kappa shape index (κ1) is 17.3. The van der Waals surface area contributed by atoms with E-state index in [0.29, 0.717) is 31.1 Å². The normalized spacial score (nSPS) is 10.2. The molecule has 0 bridgehead atoms. The third kappa shape index (κ3) is 5.28. The number of amides is 1. The average molecular weight is 378 g/mol. The smallest absolute Gasteiger partial charge is 0.224 e. The fourth-order valence-electron chi connectivity index (χ4n) is 2.12. The zero-order chi connectivity index (χ0) is 16.7. The predicted molar refractivity (Wildman–Crippen MR) is 94.1 cm³/mol. The Labute approximate surface area is 144 Å². The van der Waals surface area contributed by atoms with Gasteiger partial charge in [0.05, 0.1) is 20.1 Å². The fraction of sp³-hybridized carbons (Fsp3) is 0.278. The van der Waals surface area contributed by atoms with Crippen LogP contribution in [0.25, 0.3) is 0 Å². The molecule has 122 valence electrons. The molecule has 0 aromatic heterocycles. The number of carbonyl (C=O) groups excluding carboxylic acids is 1. The van der Waals surface area contributed by atoms with Crippen molar-refractivity contribution in [3.05, 3.63) is 58.1 Å². The van der Waals surface area contributed by atoms with E-state index in [1.165, 1.54) is 0 Å². The Hall–Kier alpha value is -2.01. The van der Waals surface area contributed by atoms with Crippen molar-refractivity contribution in [1.82, 2.24) is 5.32 Å². The van der Waals surface area contributed by atoms with Crippen LogP contribution in [0.3, 0.4) is 0 Å². The van der Waals surface area contributed by atoms with Crippen LogP contribution in [0.2, 0.25) is 0 Å². The quantitative estimate of drug-likeness (QED) is 0.751. The summed E-state index contributed by atoms with van der Waals surface area (Å²) in [7, 11) is 1.61. The predicted octanol–water partition coefficient (Wildman–Crippen LogP) is 3.50. The number of methoxy groups -OCH3 is 1. The maximum Gasteiger partial charge on any atom is 0.224 e. The van der Waals surface area contributed by atoms with Crippen LogP contribution in [0.1, 0.15) is 11.1 Å². The second kappa shape index (κ2) is 8.58. The molecule has 0 aliphatic heterocycles. The Balaban J connectivity index is 1.77. The van der Waals surface area contributed by atoms with Crippen molar-refractivity contribution in [2.45, 2.75) is 13.3 Å². The van der Waals surface area contributed by atoms with Gasteiger partial charge in [-0.3, -0.25) is 4.79 Å². The summed E-state index contributed by atoms with van der Waals surface area (Å²) in [6.45, 7) is 2.83. The summed E-state index contributed by atoms with van der Waals surface area (Å²) in [6, 6.07) is 13.4. The van der Waals surface area contributed by atoms with Crippen LogP contribution in [0.15, 0.2) is 46.9 Å². The second-order valence-electron chi connectivity index (χ2n) is 5.12. The molecule has 0 spiro atoms. The number of halogens is 1. The van der Waals surface area contributed by atoms with Crippen molar-refractivity contribution < 1.29 is 14.3 Å². The summed E-state index contributed by atoms with van der Waals surface area (Å²) in [4.78, 5) is 11.9. The number of aryl methyl sites for hydroxylation is 1. The van der Waals surface area contributed by atoms with Crippen LogP contribution in [-0.2, 0) is 11.2 Å². The summed E-state index contributed by atoms with van der Waals surface area (Å²) in [5.41, 5.74) is 2.07. The highest BCUT2D eigenvalue weighted by molar-refractivity contribution is 9.10. The van der Waals surface area contributed by atoms with E-state index in [0.717, 1.165) is 15.6 Å². The summed E-state index contributed by atoms with van der Waals surface area (Å²) >= 11 is 3.44. The number of benzene rings is 2. The van der Waals surface area contributed by atoms with E-state index in [9.17, 15) is 4.79 Å². The molecule has 23 heavy (non-hydrogen) atoms. The minimum absolute atomic E-state index is 0.0311. The molecule has 0 atom stereocenters. The zero-order valence-corrected chi connectivity index (χ0v) is 14.9. The molecule has 0 radical (unpaired) electrons. The Morgan fingerprint density at radius 3 is 2.70 bits per heavy atom. The molecule has 0 fully saturated rings. The Morgan fingerprint density at radius 1 is 1.17 bits per heavy atom. The van der Waals surface area contributed by atoms with Gasteiger partial charge in [0, 0.05) is 4.47 Å². The molecule has 4 nitrogen and oxygen atoms in total. The fourth-order valence-corrected chi connectivity index (χ4v) is 2.55. The second-order valence-corrected chi connectivity index (χ2v) is 5.98. The lowest BCUT2D eigenvalue weighted by molar-refractivity contribution is -0.120. The van der Waals surface area contributed by atoms with E-state index >= 15 is 0 Å². The van der Waals surface area contributed by atoms with E-state index in [1.807, 2.05) is 49.4 Å². The Kier molecular flexibility index (Phi) is 6.47. The molecule has 2 aromatic rings. The van der Waals surface area contributed by atoms with E-state index < -0.39 is 0 Å². The minimum Gasteiger partial charge on any atom is -0.493 e. The monoisotopic (exact) mass is 377 g/mol. The van der Waals surface area contributed by atoms with Gasteiger partial charge in [0.15, 0.2) is 11.5 Å². The highest BCUT2D eigenvalue weighted by Crippen LogP contribution is 2.27. The minimum atomic E-state index is -0.0311. The van der Waals surface area contributed by atoms with Gasteiger partial charge in [-0.05, 0) is 36.2 Å². The standard InChI is InChI=1S/C18H20BrNO3/c1-13-7-8-16(17(11-13)22-2)23-10-9-20-18(21)12-14-5-3-4-6-15(14)19/h3-8,11H,9-10,12H2,1-2H3,(H,20,21). The van der Waals surface area contributed by atoms with Gasteiger partial charge in [0.2, 0.25) is 5.91 Å². The highest BCUT2D eigenvalue weighted by atomic mass is 79.9. The van der Waals surface area contributed by atoms with Gasteiger partial charge in [0.1, 0.15) is 6.61 Å². The topological polar surface area (TPSA) is 47.6 Å². The summed E-state index contributed by atoms with van der Waals surface area (Å²) < 4.78 is 11.9. The van der Waals surface area contributed by atoms with Crippen LogP contribution in [0.5, 0.6) is 11.5 Å². The lowest BCUT2D eigenvalue weighted by Crippen LogP contribution is -2.29. The highest BCUT2D eigenvalue weighted by Gasteiger charge is 2.07. The molecule has 0 saturated heterocycles. The Morgan fingerprint density at radius 2 is 1.96 bits per heavy atom. The number of nitrogens with one attached hydrogen (secondary N) is 1. The molecule has 0 aliphatic rings. The lowest BCUT2D eigenvalue weighted by Gasteiger charge is -2.12. The van der Waals surface area contributed by atoms with Crippen LogP contribution in [-0.4, -0.2) is 26.2 Å². The van der Waals surface area contributed by atoms with Crippen molar-refractivity contribution in [3.63, 3.8) is 0 Å². The first-order valence-electron chi connectivity index (χ1n) is 7.37. The first-order chi connectivity index (χ1) is 11.1. The van der Waals surface area contributed by atoms with E-state index in [-0.39, 0.29) is 5.91 Å². The molecule has 0 aliphatic carbocycles. The molecule has 2 aromatic carbocycles. The van der Waals surface area contributed by atoms with Crippen molar-refractivity contribution >= 4 is 21.8 Å². The van der Waals surface area contributed by atoms with Gasteiger partial charge in [-0.25, -0.2) is 0 Å². The zero-order valence-electron chi connectivity index (χ0n) is 13.3. The van der Waals surface area contributed by atoms with E-state index in [4.69, 9.17) is 9.47 Å². The number of carbonyl (C=O) groups is 1. The van der Waals surface area contributed by atoms with Crippen LogP contribution < -0.4 is 14.8 Å². The SMILES string of the molecule is COc1cc(C)ccc1OCCNC(=O)Cc1ccccc1Br. The van der Waals surface area contributed by atoms with Crippen molar-refractivity contribution in [3.8, 4) is 11.5 Å². The maximum atomic E-state index is 11.9. The molecular weight excluding hydrogens is 358 g/mol. The number of hydrogen-bond donors (Lipinski definition) is 1. The third-order valence-electron chi connectivity index (χ3n) is 3.31. The number of hydrogen-bond acceptors (Lipinski definition) is 3. The molecule has 5 heteroatoms. The molecule has 0 saturated carbocycles. The molecule has 1 amide bonds. The molecule has 1 N–H and O–H groups in total. The van der Waals surface area contributed by atoms with Crippen LogP contribution in [0.4, 0.5) is 0 Å². The van der Waals surface area contributed by atoms with Crippen molar-refractivity contribution in [1.29, 1.82) is 0 Å². The van der Waals surface area contributed by atoms with E-state index in [1.54, 1.807) is 7.11 Å². The van der Waals surface area contributed by atoms with Crippen molar-refractivity contribution in [2.24, 2.45) is 0 Å². The summed E-state index contributed by atoms with van der Waals surface area (Å²) in [6.07, 6.45) is 0.343. The Bertz CT molecular complexity index is 673. The summed E-state index contributed by atoms with van der Waals surface area (Å²) in [5, 5.41) is 2.85. The van der Waals surface area contributed by atoms with Gasteiger partial charge in [-0.15, -0.1) is 0 Å². The number of ether oxygens (including phenoxy) is 2. The lowest BCUT2D eigenvalue weighted by atomic mass is 10.1. The van der Waals surface area contributed by atoms with E-state index in [2.05, 4.69) is 21.2 Å². The number of rotatable bonds is 7. The van der Waals surface area contributed by atoms with Crippen LogP contribution >= 0.6 is 15.9 Å². The first-order valence-corrected chi connectivity index (χ1v) is 8.17. The summed E-state index contributed by atoms with van der Waals surface area (Å²) in [5.74, 6) is 1.35. The maximum absolute atomic E-state index is 11.9.